The molecule has 1 spiro atoms. The summed E-state index contributed by atoms with van der Waals surface area (Å²) in [6.07, 6.45) is 9.06. The molecule has 5 atom stereocenters. The first-order valence-corrected chi connectivity index (χ1v) is 12.9. The van der Waals surface area contributed by atoms with E-state index >= 15 is 0 Å². The lowest BCUT2D eigenvalue weighted by Crippen LogP contribution is -2.55. The lowest BCUT2D eigenvalue weighted by molar-refractivity contribution is -0.143. The van der Waals surface area contributed by atoms with E-state index in [2.05, 4.69) is 0 Å². The Morgan fingerprint density at radius 1 is 1.03 bits per heavy atom. The van der Waals surface area contributed by atoms with Gasteiger partial charge in [0.15, 0.2) is 0 Å². The van der Waals surface area contributed by atoms with Crippen LogP contribution < -0.4 is 4.90 Å². The van der Waals surface area contributed by atoms with Gasteiger partial charge in [0.2, 0.25) is 11.8 Å². The summed E-state index contributed by atoms with van der Waals surface area (Å²) < 4.78 is 6.63. The van der Waals surface area contributed by atoms with Crippen molar-refractivity contribution in [2.45, 2.75) is 50.9 Å². The average Bonchev–Trinajstić information content (AvgIpc) is 3.17. The smallest absolute Gasteiger partial charge is 0.253 e. The van der Waals surface area contributed by atoms with Crippen molar-refractivity contribution in [2.75, 3.05) is 38.2 Å². The van der Waals surface area contributed by atoms with Gasteiger partial charge in [0, 0.05) is 39.0 Å². The largest absolute Gasteiger partial charge is 0.396 e. The second-order valence-corrected chi connectivity index (χ2v) is 10.4. The van der Waals surface area contributed by atoms with E-state index in [0.717, 1.165) is 23.2 Å². The molecule has 1 unspecified atom stereocenters. The summed E-state index contributed by atoms with van der Waals surface area (Å²) in [5, 5.41) is 9.21. The van der Waals surface area contributed by atoms with E-state index in [9.17, 15) is 19.5 Å². The molecule has 1 aromatic rings. The topological polar surface area (TPSA) is 90.4 Å². The number of hydrogen-bond donors (Lipinski definition) is 1. The molecule has 5 rings (SSSR count). The molecule has 0 bridgehead atoms. The summed E-state index contributed by atoms with van der Waals surface area (Å²) in [7, 11) is 1.74. The van der Waals surface area contributed by atoms with Crippen molar-refractivity contribution in [1.82, 2.24) is 9.80 Å². The first kappa shape index (κ1) is 24.7. The van der Waals surface area contributed by atoms with E-state index < -0.39 is 29.6 Å². The fraction of sp³-hybridized carbons (Fsp3) is 0.536. The number of rotatable bonds is 6. The van der Waals surface area contributed by atoms with Crippen LogP contribution in [0.2, 0.25) is 0 Å². The minimum atomic E-state index is -1.20. The Hall–Kier alpha value is -2.97. The van der Waals surface area contributed by atoms with Crippen molar-refractivity contribution >= 4 is 23.4 Å². The molecule has 8 heteroatoms. The van der Waals surface area contributed by atoms with Gasteiger partial charge in [-0.15, -0.1) is 0 Å². The third-order valence-corrected chi connectivity index (χ3v) is 8.07. The molecule has 0 radical (unpaired) electrons. The van der Waals surface area contributed by atoms with Crippen LogP contribution in [-0.2, 0) is 19.1 Å². The standard InChI is InChI=1S/C28H35N3O5/c1-18-10-11-19(2)20(17-18)30-15-8-12-28-23(22-21(36-28)9-7-13-29(3)25(22)33)26(34)31(24(28)27(30)35)14-5-4-6-16-32/h7-12,17,21-24,32H,4-6,13-16H2,1-3H3/t21-,22+,23+,24?,28+/m1/s1. The Bertz CT molecular complexity index is 1130. The van der Waals surface area contributed by atoms with Crippen molar-refractivity contribution < 1.29 is 24.2 Å². The Morgan fingerprint density at radius 2 is 1.83 bits per heavy atom. The molecule has 1 N–H and O–H groups in total. The zero-order chi connectivity index (χ0) is 25.6. The number of carbonyl (C=O) groups is 3. The molecule has 0 aromatic heterocycles. The van der Waals surface area contributed by atoms with Gasteiger partial charge in [-0.25, -0.2) is 0 Å². The van der Waals surface area contributed by atoms with Crippen LogP contribution in [0.5, 0.6) is 0 Å². The Balaban J connectivity index is 1.59. The van der Waals surface area contributed by atoms with E-state index in [1.54, 1.807) is 21.7 Å². The predicted molar refractivity (Wildman–Crippen MR) is 135 cm³/mol. The average molecular weight is 494 g/mol. The highest BCUT2D eigenvalue weighted by atomic mass is 16.5. The zero-order valence-electron chi connectivity index (χ0n) is 21.2. The highest BCUT2D eigenvalue weighted by Crippen LogP contribution is 2.53. The van der Waals surface area contributed by atoms with Crippen LogP contribution in [0.3, 0.4) is 0 Å². The number of nitrogens with zero attached hydrogens (tertiary/aromatic N) is 3. The third kappa shape index (κ3) is 3.78. The Kier molecular flexibility index (Phi) is 6.51. The van der Waals surface area contributed by atoms with E-state index in [-0.39, 0.29) is 24.3 Å². The molecular weight excluding hydrogens is 458 g/mol. The molecule has 3 amide bonds. The number of amides is 3. The van der Waals surface area contributed by atoms with Crippen LogP contribution >= 0.6 is 0 Å². The number of benzene rings is 1. The van der Waals surface area contributed by atoms with Crippen molar-refractivity contribution in [1.29, 1.82) is 0 Å². The van der Waals surface area contributed by atoms with Crippen molar-refractivity contribution in [2.24, 2.45) is 11.8 Å². The van der Waals surface area contributed by atoms with Gasteiger partial charge in [0.05, 0.1) is 17.9 Å². The summed E-state index contributed by atoms with van der Waals surface area (Å²) >= 11 is 0. The highest BCUT2D eigenvalue weighted by Gasteiger charge is 2.71. The Labute approximate surface area is 212 Å². The summed E-state index contributed by atoms with van der Waals surface area (Å²) in [4.78, 5) is 46.8. The second kappa shape index (κ2) is 9.48. The molecule has 4 aliphatic heterocycles. The molecule has 0 saturated carbocycles. The normalized spacial score (nSPS) is 31.4. The first-order valence-electron chi connectivity index (χ1n) is 12.9. The molecule has 192 valence electrons. The number of aryl methyl sites for hydroxylation is 2. The van der Waals surface area contributed by atoms with Crippen molar-refractivity contribution in [3.63, 3.8) is 0 Å². The van der Waals surface area contributed by atoms with Gasteiger partial charge in [-0.3, -0.25) is 14.4 Å². The summed E-state index contributed by atoms with van der Waals surface area (Å²) in [5.74, 6) is -1.95. The molecule has 2 fully saturated rings. The maximum atomic E-state index is 14.4. The molecule has 1 aromatic carbocycles. The summed E-state index contributed by atoms with van der Waals surface area (Å²) in [5.41, 5.74) is 1.64. The molecule has 8 nitrogen and oxygen atoms in total. The van der Waals surface area contributed by atoms with Gasteiger partial charge in [-0.2, -0.15) is 0 Å². The molecule has 4 aliphatic rings. The number of fused-ring (bicyclic) bond motifs is 2. The fourth-order valence-corrected chi connectivity index (χ4v) is 6.30. The molecule has 2 saturated heterocycles. The van der Waals surface area contributed by atoms with Crippen molar-refractivity contribution in [3.05, 3.63) is 53.6 Å². The van der Waals surface area contributed by atoms with E-state index in [1.807, 2.05) is 56.4 Å². The van der Waals surface area contributed by atoms with E-state index in [0.29, 0.717) is 32.5 Å². The van der Waals surface area contributed by atoms with Crippen LogP contribution in [0.25, 0.3) is 0 Å². The maximum Gasteiger partial charge on any atom is 0.253 e. The molecule has 4 heterocycles. The quantitative estimate of drug-likeness (QED) is 0.484. The van der Waals surface area contributed by atoms with Gasteiger partial charge in [0.25, 0.3) is 5.91 Å². The van der Waals surface area contributed by atoms with Crippen LogP contribution in [-0.4, -0.2) is 83.7 Å². The van der Waals surface area contributed by atoms with Crippen LogP contribution in [0, 0.1) is 25.7 Å². The number of unbranched alkanes of at least 4 members (excludes halogenated alkanes) is 2. The molecule has 36 heavy (non-hydrogen) atoms. The number of hydrogen-bond acceptors (Lipinski definition) is 5. The number of aliphatic hydroxyl groups is 1. The van der Waals surface area contributed by atoms with Gasteiger partial charge < -0.3 is 24.5 Å². The van der Waals surface area contributed by atoms with Gasteiger partial charge >= 0.3 is 0 Å². The minimum absolute atomic E-state index is 0.0893. The van der Waals surface area contributed by atoms with Gasteiger partial charge in [-0.05, 0) is 50.3 Å². The van der Waals surface area contributed by atoms with Crippen LogP contribution in [0.4, 0.5) is 5.69 Å². The van der Waals surface area contributed by atoms with Crippen LogP contribution in [0.15, 0.2) is 42.5 Å². The molecule has 0 aliphatic carbocycles. The predicted octanol–water partition coefficient (Wildman–Crippen LogP) is 1.98. The second-order valence-electron chi connectivity index (χ2n) is 10.4. The lowest BCUT2D eigenvalue weighted by atomic mass is 9.77. The maximum absolute atomic E-state index is 14.4. The van der Waals surface area contributed by atoms with E-state index in [1.165, 1.54) is 0 Å². The number of likely N-dealkylation sites (tertiary alicyclic amines) is 1. The Morgan fingerprint density at radius 3 is 2.61 bits per heavy atom. The van der Waals surface area contributed by atoms with Crippen molar-refractivity contribution in [3.8, 4) is 0 Å². The zero-order valence-corrected chi connectivity index (χ0v) is 21.2. The molecular formula is C28H35N3O5. The number of ether oxygens (including phenoxy) is 1. The highest BCUT2D eigenvalue weighted by molar-refractivity contribution is 6.06. The van der Waals surface area contributed by atoms with E-state index in [4.69, 9.17) is 4.74 Å². The number of anilines is 1. The third-order valence-electron chi connectivity index (χ3n) is 8.07. The fourth-order valence-electron chi connectivity index (χ4n) is 6.30. The number of aliphatic hydroxyl groups excluding tert-OH is 1. The number of carbonyl (C=O) groups excluding carboxylic acids is 3. The monoisotopic (exact) mass is 493 g/mol. The summed E-state index contributed by atoms with van der Waals surface area (Å²) in [6.45, 7) is 5.27. The number of likely N-dealkylation sites (N-methyl/N-ethyl adjacent to an activating group) is 1. The SMILES string of the molecule is Cc1ccc(C)c(N2CC=C[C@]34O[C@@H]5C=CCN(C)C(=O)[C@@H]5[C@H]3C(=O)N(CCCCCO)C4C2=O)c1. The van der Waals surface area contributed by atoms with Gasteiger partial charge in [0.1, 0.15) is 11.6 Å². The summed E-state index contributed by atoms with van der Waals surface area (Å²) in [6, 6.07) is 5.16. The minimum Gasteiger partial charge on any atom is -0.396 e. The lowest BCUT2D eigenvalue weighted by Gasteiger charge is -2.35. The first-order chi connectivity index (χ1) is 17.3. The van der Waals surface area contributed by atoms with Gasteiger partial charge in [-0.1, -0.05) is 36.4 Å². The van der Waals surface area contributed by atoms with Crippen LogP contribution in [0.1, 0.15) is 30.4 Å².